The normalized spacial score (nSPS) is 14.3. The molecule has 0 amide bonds. The van der Waals surface area contributed by atoms with E-state index >= 15 is 4.39 Å². The van der Waals surface area contributed by atoms with Crippen LogP contribution in [0.1, 0.15) is 23.2 Å². The van der Waals surface area contributed by atoms with E-state index in [9.17, 15) is 14.7 Å². The smallest absolute Gasteiger partial charge is 0.341 e. The molecule has 0 saturated carbocycles. The number of aromatic carboxylic acids is 1. The van der Waals surface area contributed by atoms with Crippen molar-refractivity contribution in [3.8, 4) is 17.2 Å². The number of aromatic nitrogens is 3. The monoisotopic (exact) mass is 507 g/mol. The molecule has 1 aliphatic rings. The van der Waals surface area contributed by atoms with Gasteiger partial charge in [0.1, 0.15) is 17.1 Å². The number of nitrogens with zero attached hydrogens (tertiary/aromatic N) is 5. The first-order chi connectivity index (χ1) is 17.9. The van der Waals surface area contributed by atoms with Crippen LogP contribution in [0, 0.1) is 5.82 Å². The van der Waals surface area contributed by atoms with Gasteiger partial charge in [-0.05, 0) is 37.3 Å². The first-order valence-electron chi connectivity index (χ1n) is 11.9. The number of carbonyl (C=O) groups is 1. The summed E-state index contributed by atoms with van der Waals surface area (Å²) >= 11 is 0. The Bertz CT molecular complexity index is 1520. The highest BCUT2D eigenvalue weighted by Gasteiger charge is 2.23. The molecule has 3 heterocycles. The fraction of sp³-hybridized carbons (Fsp3) is 0.308. The summed E-state index contributed by atoms with van der Waals surface area (Å²) in [6.07, 6.45) is 1.32. The predicted molar refractivity (Wildman–Crippen MR) is 135 cm³/mol. The molecule has 0 atom stereocenters. The van der Waals surface area contributed by atoms with E-state index in [1.165, 1.54) is 6.20 Å². The molecule has 0 unspecified atom stereocenters. The van der Waals surface area contributed by atoms with Crippen molar-refractivity contribution in [3.63, 3.8) is 0 Å². The minimum atomic E-state index is -1.33. The van der Waals surface area contributed by atoms with Crippen molar-refractivity contribution in [1.29, 1.82) is 0 Å². The molecule has 0 aliphatic carbocycles. The molecule has 5 rings (SSSR count). The summed E-state index contributed by atoms with van der Waals surface area (Å²) in [5, 5.41) is 17.7. The maximum atomic E-state index is 15.1. The number of pyridine rings is 1. The van der Waals surface area contributed by atoms with Gasteiger partial charge in [-0.25, -0.2) is 9.18 Å². The number of hydrogen-bond donors (Lipinski definition) is 1. The highest BCUT2D eigenvalue weighted by Crippen LogP contribution is 2.27. The number of carboxylic acid groups (broad SMARTS) is 1. The predicted octanol–water partition coefficient (Wildman–Crippen LogP) is 3.24. The number of aryl methyl sites for hydroxylation is 1. The summed E-state index contributed by atoms with van der Waals surface area (Å²) in [5.74, 6) is -0.273. The Kier molecular flexibility index (Phi) is 6.62. The zero-order chi connectivity index (χ0) is 26.1. The van der Waals surface area contributed by atoms with Gasteiger partial charge >= 0.3 is 5.97 Å². The van der Waals surface area contributed by atoms with Gasteiger partial charge in [0.05, 0.1) is 24.9 Å². The Morgan fingerprint density at radius 1 is 1.16 bits per heavy atom. The van der Waals surface area contributed by atoms with Gasteiger partial charge in [0.2, 0.25) is 17.2 Å². The molecule has 11 heteroatoms. The molecule has 2 aromatic heterocycles. The summed E-state index contributed by atoms with van der Waals surface area (Å²) in [4.78, 5) is 28.1. The Hall–Kier alpha value is -4.25. The fourth-order valence-electron chi connectivity index (χ4n) is 4.58. The van der Waals surface area contributed by atoms with Crippen molar-refractivity contribution in [1.82, 2.24) is 19.7 Å². The van der Waals surface area contributed by atoms with E-state index in [1.54, 1.807) is 17.7 Å². The number of fused-ring (bicyclic) bond motifs is 1. The van der Waals surface area contributed by atoms with Crippen LogP contribution in [0.4, 0.5) is 10.1 Å². The quantitative estimate of drug-likeness (QED) is 0.403. The lowest BCUT2D eigenvalue weighted by Crippen LogP contribution is -2.46. The van der Waals surface area contributed by atoms with E-state index in [0.29, 0.717) is 68.0 Å². The number of rotatable bonds is 7. The molecule has 10 nitrogen and oxygen atoms in total. The van der Waals surface area contributed by atoms with E-state index in [4.69, 9.17) is 9.15 Å². The van der Waals surface area contributed by atoms with Crippen molar-refractivity contribution in [2.24, 2.45) is 0 Å². The average molecular weight is 508 g/mol. The minimum absolute atomic E-state index is 0.0601. The number of anilines is 1. The molecule has 192 valence electrons. The van der Waals surface area contributed by atoms with E-state index in [2.05, 4.69) is 15.1 Å². The molecule has 1 fully saturated rings. The number of piperazine rings is 1. The largest absolute Gasteiger partial charge is 0.497 e. The summed E-state index contributed by atoms with van der Waals surface area (Å²) in [6.45, 7) is 5.16. The third-order valence-electron chi connectivity index (χ3n) is 6.58. The van der Waals surface area contributed by atoms with E-state index in [0.717, 1.165) is 11.6 Å². The molecule has 0 spiro atoms. The number of hydrogen-bond acceptors (Lipinski definition) is 8. The number of benzene rings is 2. The highest BCUT2D eigenvalue weighted by molar-refractivity contribution is 5.93. The van der Waals surface area contributed by atoms with Crippen LogP contribution < -0.4 is 15.1 Å². The maximum absolute atomic E-state index is 15.1. The lowest BCUT2D eigenvalue weighted by Gasteiger charge is -2.35. The lowest BCUT2D eigenvalue weighted by atomic mass is 10.1. The topological polar surface area (TPSA) is 114 Å². The van der Waals surface area contributed by atoms with Gasteiger partial charge in [0.25, 0.3) is 0 Å². The van der Waals surface area contributed by atoms with Crippen molar-refractivity contribution in [2.75, 3.05) is 38.2 Å². The Morgan fingerprint density at radius 3 is 2.65 bits per heavy atom. The SMILES string of the molecule is CCn1cc(C(=O)O)c(=O)c2cc(F)c(N3CCN(Cc4nnc(-c5cccc(OC)c5)o4)CC3)cc21. The minimum Gasteiger partial charge on any atom is -0.497 e. The van der Waals surface area contributed by atoms with Crippen LogP contribution in [0.2, 0.25) is 0 Å². The summed E-state index contributed by atoms with van der Waals surface area (Å²) in [5.41, 5.74) is 0.610. The number of carboxylic acids is 1. The van der Waals surface area contributed by atoms with Gasteiger partial charge in [-0.15, -0.1) is 10.2 Å². The number of ether oxygens (including phenoxy) is 1. The molecule has 1 N–H and O–H groups in total. The van der Waals surface area contributed by atoms with Crippen LogP contribution in [-0.4, -0.2) is 64.0 Å². The van der Waals surface area contributed by atoms with Gasteiger partial charge in [-0.2, -0.15) is 0 Å². The molecular formula is C26H26FN5O5. The molecule has 2 aromatic carbocycles. The Balaban J connectivity index is 1.30. The van der Waals surface area contributed by atoms with Crippen LogP contribution in [-0.2, 0) is 13.1 Å². The van der Waals surface area contributed by atoms with Crippen LogP contribution in [0.15, 0.2) is 51.8 Å². The fourth-order valence-corrected chi connectivity index (χ4v) is 4.58. The molecule has 0 bridgehead atoms. The maximum Gasteiger partial charge on any atom is 0.341 e. The molecule has 1 saturated heterocycles. The van der Waals surface area contributed by atoms with Gasteiger partial charge in [0, 0.05) is 49.9 Å². The van der Waals surface area contributed by atoms with Crippen molar-refractivity contribution in [3.05, 3.63) is 70.1 Å². The molecule has 37 heavy (non-hydrogen) atoms. The lowest BCUT2D eigenvalue weighted by molar-refractivity contribution is 0.0695. The van der Waals surface area contributed by atoms with Crippen LogP contribution in [0.5, 0.6) is 5.75 Å². The molecular weight excluding hydrogens is 481 g/mol. The first kappa shape index (κ1) is 24.4. The Labute approximate surface area is 211 Å². The first-order valence-corrected chi connectivity index (χ1v) is 11.9. The number of methoxy groups -OCH3 is 1. The van der Waals surface area contributed by atoms with Gasteiger partial charge in [-0.3, -0.25) is 9.69 Å². The zero-order valence-corrected chi connectivity index (χ0v) is 20.5. The number of halogens is 1. The van der Waals surface area contributed by atoms with Crippen LogP contribution in [0.25, 0.3) is 22.4 Å². The van der Waals surface area contributed by atoms with E-state index in [1.807, 2.05) is 36.1 Å². The van der Waals surface area contributed by atoms with Gasteiger partial charge in [-0.1, -0.05) is 6.07 Å². The van der Waals surface area contributed by atoms with Crippen molar-refractivity contribution < 1.29 is 23.4 Å². The molecule has 4 aromatic rings. The van der Waals surface area contributed by atoms with E-state index < -0.39 is 17.2 Å². The van der Waals surface area contributed by atoms with Crippen LogP contribution in [0.3, 0.4) is 0 Å². The third-order valence-corrected chi connectivity index (χ3v) is 6.58. The summed E-state index contributed by atoms with van der Waals surface area (Å²) in [7, 11) is 1.60. The standard InChI is InChI=1S/C26H26FN5O5/c1-3-31-14-19(26(34)35)24(33)18-12-20(27)22(13-21(18)31)32-9-7-30(8-10-32)15-23-28-29-25(37-23)16-5-4-6-17(11-16)36-2/h4-6,11-14H,3,7-10,15H2,1-2H3,(H,34,35). The second-order valence-corrected chi connectivity index (χ2v) is 8.78. The zero-order valence-electron chi connectivity index (χ0n) is 20.5. The second kappa shape index (κ2) is 10.0. The van der Waals surface area contributed by atoms with Gasteiger partial charge < -0.3 is 23.7 Å². The van der Waals surface area contributed by atoms with Gasteiger partial charge in [0.15, 0.2) is 0 Å². The van der Waals surface area contributed by atoms with Crippen molar-refractivity contribution in [2.45, 2.75) is 20.0 Å². The third kappa shape index (κ3) is 4.77. The Morgan fingerprint density at radius 2 is 1.95 bits per heavy atom. The summed E-state index contributed by atoms with van der Waals surface area (Å²) < 4.78 is 27.9. The summed E-state index contributed by atoms with van der Waals surface area (Å²) in [6, 6.07) is 10.2. The average Bonchev–Trinajstić information content (AvgIpc) is 3.38. The second-order valence-electron chi connectivity index (χ2n) is 8.78. The highest BCUT2D eigenvalue weighted by atomic mass is 19.1. The van der Waals surface area contributed by atoms with Crippen LogP contribution >= 0.6 is 0 Å². The van der Waals surface area contributed by atoms with Crippen molar-refractivity contribution >= 4 is 22.6 Å². The molecule has 0 radical (unpaired) electrons. The van der Waals surface area contributed by atoms with E-state index in [-0.39, 0.29) is 10.9 Å². The molecule has 1 aliphatic heterocycles.